The van der Waals surface area contributed by atoms with Gasteiger partial charge in [0.1, 0.15) is 6.33 Å². The minimum absolute atomic E-state index is 0.226. The summed E-state index contributed by atoms with van der Waals surface area (Å²) in [4.78, 5) is 21.4. The smallest absolute Gasteiger partial charge is 0.341 e. The maximum atomic E-state index is 10.7. The van der Waals surface area contributed by atoms with Crippen molar-refractivity contribution in [1.82, 2.24) is 14.9 Å². The second-order valence-corrected chi connectivity index (χ2v) is 6.80. The van der Waals surface area contributed by atoms with Crippen molar-refractivity contribution in [3.05, 3.63) is 53.9 Å². The minimum atomic E-state index is -1.10. The van der Waals surface area contributed by atoms with E-state index in [0.29, 0.717) is 22.6 Å². The van der Waals surface area contributed by atoms with Crippen molar-refractivity contribution in [2.45, 2.75) is 0 Å². The Morgan fingerprint density at radius 1 is 0.917 bits per heavy atom. The average molecular weight is 498 g/mol. The van der Waals surface area contributed by atoms with Crippen LogP contribution in [0.15, 0.2) is 52.9 Å². The van der Waals surface area contributed by atoms with Gasteiger partial charge in [0.05, 0.1) is 26.6 Å². The van der Waals surface area contributed by atoms with E-state index in [1.165, 1.54) is 37.7 Å². The number of ether oxygens (including phenoxy) is 4. The molecule has 3 rings (SSSR count). The maximum absolute atomic E-state index is 10.7. The molecule has 3 aromatic rings. The molecule has 14 heteroatoms. The van der Waals surface area contributed by atoms with E-state index in [0.717, 1.165) is 0 Å². The van der Waals surface area contributed by atoms with Crippen LogP contribution in [0.5, 0.6) is 23.0 Å². The van der Waals surface area contributed by atoms with Crippen molar-refractivity contribution in [3.63, 3.8) is 0 Å². The van der Waals surface area contributed by atoms with E-state index in [4.69, 9.17) is 29.2 Å². The quantitative estimate of drug-likeness (QED) is 0.230. The molecule has 0 fully saturated rings. The fourth-order valence-electron chi connectivity index (χ4n) is 2.73. The SMILES string of the molecule is COc1cc(C=NNc2nncn2N=Cc2ccc(OCC(=O)O)c(OC)c2)ccc1OCC(=O)O. The molecule has 0 aliphatic rings. The molecule has 0 unspecified atom stereocenters. The molecule has 1 heterocycles. The third kappa shape index (κ3) is 7.18. The van der Waals surface area contributed by atoms with Gasteiger partial charge in [0.25, 0.3) is 5.95 Å². The van der Waals surface area contributed by atoms with Gasteiger partial charge in [-0.15, -0.1) is 10.2 Å². The molecule has 0 aliphatic heterocycles. The van der Waals surface area contributed by atoms with E-state index in [1.54, 1.807) is 36.4 Å². The fourth-order valence-corrected chi connectivity index (χ4v) is 2.73. The standard InChI is InChI=1S/C22H22N6O8/c1-33-18-7-14(3-5-16(18)35-11-20(29)30)9-23-26-22-27-24-13-28(22)25-10-15-4-6-17(19(8-15)34-2)36-12-21(31)32/h3-10,13H,11-12H2,1-2H3,(H,26,27)(H,29,30)(H,31,32). The zero-order valence-electron chi connectivity index (χ0n) is 19.2. The molecule has 2 aromatic carbocycles. The van der Waals surface area contributed by atoms with Crippen LogP contribution in [0.4, 0.5) is 5.95 Å². The molecule has 0 saturated heterocycles. The van der Waals surface area contributed by atoms with Gasteiger partial charge in [0, 0.05) is 0 Å². The lowest BCUT2D eigenvalue weighted by Gasteiger charge is -2.09. The second kappa shape index (κ2) is 12.4. The molecule has 0 saturated carbocycles. The van der Waals surface area contributed by atoms with Crippen LogP contribution < -0.4 is 24.4 Å². The summed E-state index contributed by atoms with van der Waals surface area (Å²) >= 11 is 0. The van der Waals surface area contributed by atoms with E-state index in [-0.39, 0.29) is 17.4 Å². The highest BCUT2D eigenvalue weighted by molar-refractivity contribution is 5.82. The molecule has 14 nitrogen and oxygen atoms in total. The molecule has 1 aromatic heterocycles. The summed E-state index contributed by atoms with van der Waals surface area (Å²) in [5, 5.41) is 33.6. The van der Waals surface area contributed by atoms with E-state index >= 15 is 0 Å². The van der Waals surface area contributed by atoms with Crippen molar-refractivity contribution in [3.8, 4) is 23.0 Å². The van der Waals surface area contributed by atoms with Crippen LogP contribution in [0.3, 0.4) is 0 Å². The van der Waals surface area contributed by atoms with Gasteiger partial charge in [-0.05, 0) is 47.5 Å². The largest absolute Gasteiger partial charge is 0.493 e. The van der Waals surface area contributed by atoms with Gasteiger partial charge in [-0.25, -0.2) is 15.0 Å². The number of anilines is 1. The molecule has 0 bridgehead atoms. The zero-order chi connectivity index (χ0) is 25.9. The Kier molecular flexibility index (Phi) is 8.75. The molecule has 0 radical (unpaired) electrons. The number of hydrogen-bond acceptors (Lipinski definition) is 11. The van der Waals surface area contributed by atoms with Crippen molar-refractivity contribution in [2.24, 2.45) is 10.2 Å². The van der Waals surface area contributed by atoms with E-state index in [1.807, 2.05) is 0 Å². The van der Waals surface area contributed by atoms with Gasteiger partial charge in [-0.1, -0.05) is 0 Å². The molecular formula is C22H22N6O8. The number of carboxylic acids is 2. The fraction of sp³-hybridized carbons (Fsp3) is 0.182. The molecular weight excluding hydrogens is 476 g/mol. The topological polar surface area (TPSA) is 179 Å². The monoisotopic (exact) mass is 498 g/mol. The molecule has 36 heavy (non-hydrogen) atoms. The number of rotatable bonds is 13. The lowest BCUT2D eigenvalue weighted by molar-refractivity contribution is -0.140. The molecule has 0 amide bonds. The summed E-state index contributed by atoms with van der Waals surface area (Å²) in [5.41, 5.74) is 4.02. The summed E-state index contributed by atoms with van der Waals surface area (Å²) in [6.07, 6.45) is 4.38. The van der Waals surface area contributed by atoms with Crippen molar-refractivity contribution < 1.29 is 38.7 Å². The first kappa shape index (κ1) is 25.5. The number of hydrazone groups is 1. The summed E-state index contributed by atoms with van der Waals surface area (Å²) in [7, 11) is 2.88. The summed E-state index contributed by atoms with van der Waals surface area (Å²) in [5.74, 6) is -0.694. The van der Waals surface area contributed by atoms with Crippen molar-refractivity contribution >= 4 is 30.3 Å². The third-order valence-electron chi connectivity index (χ3n) is 4.32. The lowest BCUT2D eigenvalue weighted by atomic mass is 10.2. The van der Waals surface area contributed by atoms with Crippen LogP contribution in [0.1, 0.15) is 11.1 Å². The lowest BCUT2D eigenvalue weighted by Crippen LogP contribution is -2.10. The number of methoxy groups -OCH3 is 2. The van der Waals surface area contributed by atoms with Crippen molar-refractivity contribution in [2.75, 3.05) is 32.9 Å². The Bertz CT molecular complexity index is 1270. The van der Waals surface area contributed by atoms with Crippen LogP contribution in [-0.4, -0.2) is 76.9 Å². The third-order valence-corrected chi connectivity index (χ3v) is 4.32. The molecule has 188 valence electrons. The summed E-state index contributed by atoms with van der Waals surface area (Å²) in [6.45, 7) is -0.980. The van der Waals surface area contributed by atoms with Gasteiger partial charge in [0.15, 0.2) is 36.2 Å². The van der Waals surface area contributed by atoms with Crippen molar-refractivity contribution in [1.29, 1.82) is 0 Å². The number of hydrogen-bond donors (Lipinski definition) is 3. The molecule has 0 spiro atoms. The van der Waals surface area contributed by atoms with Crippen LogP contribution in [0, 0.1) is 0 Å². The Morgan fingerprint density at radius 3 is 2.00 bits per heavy atom. The van der Waals surface area contributed by atoms with E-state index in [9.17, 15) is 9.59 Å². The molecule has 0 aliphatic carbocycles. The van der Waals surface area contributed by atoms with Crippen LogP contribution in [-0.2, 0) is 9.59 Å². The first-order chi connectivity index (χ1) is 17.4. The highest BCUT2D eigenvalue weighted by atomic mass is 16.5. The van der Waals surface area contributed by atoms with Gasteiger partial charge in [0.2, 0.25) is 0 Å². The Hall–Kier alpha value is -5.14. The second-order valence-electron chi connectivity index (χ2n) is 6.80. The maximum Gasteiger partial charge on any atom is 0.341 e. The normalized spacial score (nSPS) is 10.9. The zero-order valence-corrected chi connectivity index (χ0v) is 19.2. The number of carbonyl (C=O) groups is 2. The highest BCUT2D eigenvalue weighted by Gasteiger charge is 2.09. The number of aliphatic carboxylic acids is 2. The number of benzene rings is 2. The minimum Gasteiger partial charge on any atom is -0.493 e. The number of carboxylic acid groups (broad SMARTS) is 2. The van der Waals surface area contributed by atoms with Crippen LogP contribution >= 0.6 is 0 Å². The Labute approximate surface area is 204 Å². The molecule has 3 N–H and O–H groups in total. The average Bonchev–Trinajstić information content (AvgIpc) is 3.32. The van der Waals surface area contributed by atoms with Crippen LogP contribution in [0.25, 0.3) is 0 Å². The predicted octanol–water partition coefficient (Wildman–Crippen LogP) is 1.55. The van der Waals surface area contributed by atoms with Gasteiger partial charge < -0.3 is 29.2 Å². The van der Waals surface area contributed by atoms with Crippen LogP contribution in [0.2, 0.25) is 0 Å². The summed E-state index contributed by atoms with van der Waals surface area (Å²) in [6, 6.07) is 9.75. The first-order valence-electron chi connectivity index (χ1n) is 10.2. The highest BCUT2D eigenvalue weighted by Crippen LogP contribution is 2.28. The van der Waals surface area contributed by atoms with Gasteiger partial charge in [-0.2, -0.15) is 14.9 Å². The molecule has 0 atom stereocenters. The first-order valence-corrected chi connectivity index (χ1v) is 10.2. The summed E-state index contributed by atoms with van der Waals surface area (Å²) < 4.78 is 22.2. The predicted molar refractivity (Wildman–Crippen MR) is 126 cm³/mol. The number of aromatic nitrogens is 3. The Balaban J connectivity index is 1.66. The van der Waals surface area contributed by atoms with E-state index < -0.39 is 25.2 Å². The van der Waals surface area contributed by atoms with Gasteiger partial charge in [-0.3, -0.25) is 0 Å². The number of nitrogens with zero attached hydrogens (tertiary/aromatic N) is 5. The van der Waals surface area contributed by atoms with E-state index in [2.05, 4.69) is 25.8 Å². The Morgan fingerprint density at radius 2 is 1.47 bits per heavy atom. The van der Waals surface area contributed by atoms with Gasteiger partial charge >= 0.3 is 11.9 Å². The number of nitrogens with one attached hydrogen (secondary N) is 1.